The first-order chi connectivity index (χ1) is 8.83. The van der Waals surface area contributed by atoms with Crippen molar-refractivity contribution >= 4 is 5.70 Å². The van der Waals surface area contributed by atoms with Crippen molar-refractivity contribution in [2.75, 3.05) is 0 Å². The Hall–Kier alpha value is -1.50. The Morgan fingerprint density at radius 2 is 1.89 bits per heavy atom. The molecule has 0 amide bonds. The third-order valence-electron chi connectivity index (χ3n) is 3.47. The fourth-order valence-electron chi connectivity index (χ4n) is 2.40. The van der Waals surface area contributed by atoms with Gasteiger partial charge >= 0.3 is 0 Å². The highest BCUT2D eigenvalue weighted by Gasteiger charge is 2.12. The molecular formula is C17H22N. The van der Waals surface area contributed by atoms with E-state index < -0.39 is 0 Å². The highest BCUT2D eigenvalue weighted by Crippen LogP contribution is 2.26. The van der Waals surface area contributed by atoms with E-state index >= 15 is 0 Å². The molecule has 18 heavy (non-hydrogen) atoms. The maximum absolute atomic E-state index is 4.49. The molecule has 0 saturated heterocycles. The molecule has 1 aromatic carbocycles. The molecule has 2 rings (SSSR count). The molecule has 1 aliphatic rings. The normalized spacial score (nSPS) is 14.1. The van der Waals surface area contributed by atoms with Gasteiger partial charge in [-0.1, -0.05) is 50.5 Å². The number of benzene rings is 1. The summed E-state index contributed by atoms with van der Waals surface area (Å²) in [6.07, 6.45) is 10.4. The van der Waals surface area contributed by atoms with E-state index in [1.165, 1.54) is 48.8 Å². The second-order valence-electron chi connectivity index (χ2n) is 4.94. The minimum atomic E-state index is 1.15. The van der Waals surface area contributed by atoms with E-state index in [1.54, 1.807) is 0 Å². The largest absolute Gasteiger partial charge is 0.256 e. The van der Waals surface area contributed by atoms with Crippen molar-refractivity contribution in [2.24, 2.45) is 0 Å². The van der Waals surface area contributed by atoms with Gasteiger partial charge in [-0.3, -0.25) is 5.32 Å². The van der Waals surface area contributed by atoms with Gasteiger partial charge < -0.3 is 0 Å². The van der Waals surface area contributed by atoms with Crippen LogP contribution in [0.5, 0.6) is 0 Å². The standard InChI is InChI=1S/C17H22N/c1-3-4-5-6-9-15-10-7-8-11-16(15)17-14(2)12-13-18-17/h7-8,10-13H,3-6,9H2,1-2H3. The molecule has 0 N–H and O–H groups in total. The molecule has 0 atom stereocenters. The van der Waals surface area contributed by atoms with Gasteiger partial charge in [0.1, 0.15) is 0 Å². The van der Waals surface area contributed by atoms with Gasteiger partial charge in [0.15, 0.2) is 0 Å². The first kappa shape index (κ1) is 12.9. The summed E-state index contributed by atoms with van der Waals surface area (Å²) in [7, 11) is 0. The van der Waals surface area contributed by atoms with Crippen molar-refractivity contribution < 1.29 is 0 Å². The fraction of sp³-hybridized carbons (Fsp3) is 0.412. The average Bonchev–Trinajstić information content (AvgIpc) is 2.81. The number of unbranched alkanes of at least 4 members (excludes halogenated alkanes) is 3. The molecule has 1 nitrogen and oxygen atoms in total. The van der Waals surface area contributed by atoms with Crippen molar-refractivity contribution in [3.8, 4) is 0 Å². The number of hydrogen-bond donors (Lipinski definition) is 0. The van der Waals surface area contributed by atoms with Gasteiger partial charge in [0.2, 0.25) is 0 Å². The number of rotatable bonds is 6. The van der Waals surface area contributed by atoms with Gasteiger partial charge in [-0.2, -0.15) is 0 Å². The zero-order chi connectivity index (χ0) is 12.8. The van der Waals surface area contributed by atoms with E-state index in [1.807, 2.05) is 6.20 Å². The lowest BCUT2D eigenvalue weighted by atomic mass is 9.97. The minimum absolute atomic E-state index is 1.15. The first-order valence-corrected chi connectivity index (χ1v) is 6.99. The lowest BCUT2D eigenvalue weighted by Crippen LogP contribution is -1.99. The molecule has 1 radical (unpaired) electrons. The van der Waals surface area contributed by atoms with E-state index in [4.69, 9.17) is 0 Å². The van der Waals surface area contributed by atoms with Crippen molar-refractivity contribution in [2.45, 2.75) is 46.0 Å². The molecule has 0 bridgehead atoms. The quantitative estimate of drug-likeness (QED) is 0.641. The molecule has 1 heteroatoms. The second-order valence-corrected chi connectivity index (χ2v) is 4.94. The third kappa shape index (κ3) is 3.04. The molecule has 0 unspecified atom stereocenters. The van der Waals surface area contributed by atoms with Crippen molar-refractivity contribution in [3.05, 3.63) is 53.2 Å². The topological polar surface area (TPSA) is 14.1 Å². The fourth-order valence-corrected chi connectivity index (χ4v) is 2.40. The van der Waals surface area contributed by atoms with Gasteiger partial charge in [-0.05, 0) is 37.0 Å². The van der Waals surface area contributed by atoms with Gasteiger partial charge in [0, 0.05) is 11.8 Å². The lowest BCUT2D eigenvalue weighted by molar-refractivity contribution is 0.666. The number of hydrogen-bond acceptors (Lipinski definition) is 0. The Kier molecular flexibility index (Phi) is 4.63. The van der Waals surface area contributed by atoms with Gasteiger partial charge in [0.25, 0.3) is 0 Å². The van der Waals surface area contributed by atoms with Crippen molar-refractivity contribution in [1.29, 1.82) is 0 Å². The first-order valence-electron chi connectivity index (χ1n) is 6.99. The van der Waals surface area contributed by atoms with Crippen LogP contribution in [0.4, 0.5) is 0 Å². The van der Waals surface area contributed by atoms with Crippen LogP contribution in [0.2, 0.25) is 0 Å². The average molecular weight is 240 g/mol. The molecule has 1 aliphatic heterocycles. The molecule has 1 aromatic rings. The van der Waals surface area contributed by atoms with Gasteiger partial charge in [-0.25, -0.2) is 0 Å². The third-order valence-corrected chi connectivity index (χ3v) is 3.47. The van der Waals surface area contributed by atoms with Crippen LogP contribution in [-0.2, 0) is 6.42 Å². The summed E-state index contributed by atoms with van der Waals surface area (Å²) in [5.74, 6) is 0. The second kappa shape index (κ2) is 6.44. The molecule has 0 spiro atoms. The zero-order valence-electron chi connectivity index (χ0n) is 11.4. The summed E-state index contributed by atoms with van der Waals surface area (Å²) >= 11 is 0. The molecule has 0 saturated carbocycles. The molecule has 95 valence electrons. The summed E-state index contributed by atoms with van der Waals surface area (Å²) < 4.78 is 0. The summed E-state index contributed by atoms with van der Waals surface area (Å²) in [5.41, 5.74) is 5.18. The van der Waals surface area contributed by atoms with Crippen molar-refractivity contribution in [3.63, 3.8) is 0 Å². The summed E-state index contributed by atoms with van der Waals surface area (Å²) in [6, 6.07) is 8.69. The van der Waals surface area contributed by atoms with Crippen LogP contribution in [0.25, 0.3) is 5.70 Å². The van der Waals surface area contributed by atoms with Crippen LogP contribution in [0.3, 0.4) is 0 Å². The lowest BCUT2D eigenvalue weighted by Gasteiger charge is -2.11. The van der Waals surface area contributed by atoms with Crippen LogP contribution in [0, 0.1) is 0 Å². The predicted molar refractivity (Wildman–Crippen MR) is 78.2 cm³/mol. The van der Waals surface area contributed by atoms with Gasteiger partial charge in [0.05, 0.1) is 5.70 Å². The van der Waals surface area contributed by atoms with E-state index in [0.29, 0.717) is 0 Å². The molecule has 0 aliphatic carbocycles. The monoisotopic (exact) mass is 240 g/mol. The van der Waals surface area contributed by atoms with Crippen LogP contribution in [-0.4, -0.2) is 0 Å². The Bertz CT molecular complexity index is 454. The summed E-state index contributed by atoms with van der Waals surface area (Å²) in [5, 5.41) is 4.49. The summed E-state index contributed by atoms with van der Waals surface area (Å²) in [6.45, 7) is 4.39. The Labute approximate surface area is 111 Å². The highest BCUT2D eigenvalue weighted by molar-refractivity contribution is 5.74. The summed E-state index contributed by atoms with van der Waals surface area (Å²) in [4.78, 5) is 0. The van der Waals surface area contributed by atoms with Crippen LogP contribution in [0.15, 0.2) is 42.1 Å². The Balaban J connectivity index is 2.09. The highest BCUT2D eigenvalue weighted by atomic mass is 14.9. The van der Waals surface area contributed by atoms with Crippen molar-refractivity contribution in [1.82, 2.24) is 5.32 Å². The van der Waals surface area contributed by atoms with E-state index in [-0.39, 0.29) is 0 Å². The zero-order valence-corrected chi connectivity index (χ0v) is 11.4. The number of aryl methyl sites for hydroxylation is 1. The maximum Gasteiger partial charge on any atom is 0.0734 e. The van der Waals surface area contributed by atoms with Crippen LogP contribution >= 0.6 is 0 Å². The Morgan fingerprint density at radius 3 is 2.61 bits per heavy atom. The number of nitrogens with zero attached hydrogens (tertiary/aromatic N) is 1. The van der Waals surface area contributed by atoms with Crippen LogP contribution in [0.1, 0.15) is 50.7 Å². The predicted octanol–water partition coefficient (Wildman–Crippen LogP) is 4.67. The van der Waals surface area contributed by atoms with E-state index in [0.717, 1.165) is 5.70 Å². The minimum Gasteiger partial charge on any atom is -0.256 e. The molecular weight excluding hydrogens is 218 g/mol. The molecule has 1 heterocycles. The maximum atomic E-state index is 4.49. The SMILES string of the molecule is CCCCCCc1ccccc1C1=C(C)C=C[N]1. The van der Waals surface area contributed by atoms with Crippen LogP contribution < -0.4 is 5.32 Å². The Morgan fingerprint density at radius 1 is 1.06 bits per heavy atom. The van der Waals surface area contributed by atoms with E-state index in [2.05, 4.69) is 49.5 Å². The smallest absolute Gasteiger partial charge is 0.0734 e. The van der Waals surface area contributed by atoms with E-state index in [9.17, 15) is 0 Å². The molecule has 0 aromatic heterocycles. The van der Waals surface area contributed by atoms with Gasteiger partial charge in [-0.15, -0.1) is 0 Å². The number of allylic oxidation sites excluding steroid dienone is 2. The molecule has 0 fully saturated rings.